The van der Waals surface area contributed by atoms with Crippen molar-refractivity contribution in [1.82, 2.24) is 4.98 Å². The molecule has 0 spiro atoms. The molecule has 2 rings (SSSR count). The summed E-state index contributed by atoms with van der Waals surface area (Å²) in [6.45, 7) is 1.97. The average molecular weight is 224 g/mol. The average Bonchev–Trinajstić information content (AvgIpc) is 2.60. The summed E-state index contributed by atoms with van der Waals surface area (Å²) in [6.07, 6.45) is 2.73. The van der Waals surface area contributed by atoms with Gasteiger partial charge in [-0.15, -0.1) is 0 Å². The first-order valence-corrected chi connectivity index (χ1v) is 5.10. The Balaban J connectivity index is 2.36. The largest absolute Gasteiger partial charge is 0.272 e. The van der Waals surface area contributed by atoms with Crippen molar-refractivity contribution in [2.45, 2.75) is 19.8 Å². The predicted molar refractivity (Wildman–Crippen MR) is 59.1 cm³/mol. The van der Waals surface area contributed by atoms with Crippen molar-refractivity contribution in [1.29, 1.82) is 0 Å². The summed E-state index contributed by atoms with van der Waals surface area (Å²) in [5.41, 5.74) is 1.42. The molecule has 1 aromatic rings. The van der Waals surface area contributed by atoms with Gasteiger partial charge in [0.15, 0.2) is 5.15 Å². The molecule has 0 saturated heterocycles. The van der Waals surface area contributed by atoms with Gasteiger partial charge in [-0.3, -0.25) is 4.79 Å². The number of aromatic nitrogens is 1. The first kappa shape index (κ1) is 10.1. The number of hydrazone groups is 1. The number of rotatable bonds is 2. The minimum Gasteiger partial charge on any atom is -0.272 e. The van der Waals surface area contributed by atoms with Crippen LogP contribution in [0.1, 0.15) is 19.8 Å². The quantitative estimate of drug-likeness (QED) is 0.722. The Morgan fingerprint density at radius 1 is 1.60 bits per heavy atom. The van der Waals surface area contributed by atoms with Gasteiger partial charge in [0.05, 0.1) is 6.42 Å². The van der Waals surface area contributed by atoms with Crippen LogP contribution >= 0.6 is 11.6 Å². The zero-order valence-electron chi connectivity index (χ0n) is 8.27. The third-order valence-electron chi connectivity index (χ3n) is 2.21. The lowest BCUT2D eigenvalue weighted by molar-refractivity contribution is -0.116. The van der Waals surface area contributed by atoms with Gasteiger partial charge in [0.1, 0.15) is 5.69 Å². The van der Waals surface area contributed by atoms with Gasteiger partial charge in [-0.25, -0.2) is 4.98 Å². The van der Waals surface area contributed by atoms with Gasteiger partial charge < -0.3 is 0 Å². The van der Waals surface area contributed by atoms with Gasteiger partial charge in [-0.2, -0.15) is 10.1 Å². The summed E-state index contributed by atoms with van der Waals surface area (Å²) in [5, 5.41) is 5.82. The normalized spacial score (nSPS) is 15.7. The molecule has 0 bridgehead atoms. The highest BCUT2D eigenvalue weighted by Crippen LogP contribution is 2.26. The summed E-state index contributed by atoms with van der Waals surface area (Å²) < 4.78 is 0. The summed E-state index contributed by atoms with van der Waals surface area (Å²) in [4.78, 5) is 15.5. The third kappa shape index (κ3) is 1.85. The van der Waals surface area contributed by atoms with Crippen LogP contribution < -0.4 is 5.01 Å². The monoisotopic (exact) mass is 223 g/mol. The Labute approximate surface area is 92.6 Å². The lowest BCUT2D eigenvalue weighted by Gasteiger charge is -2.11. The van der Waals surface area contributed by atoms with Crippen LogP contribution in [-0.2, 0) is 4.79 Å². The molecule has 4 nitrogen and oxygen atoms in total. The highest BCUT2D eigenvalue weighted by atomic mass is 35.5. The van der Waals surface area contributed by atoms with Gasteiger partial charge in [0.2, 0.25) is 0 Å². The van der Waals surface area contributed by atoms with Gasteiger partial charge in [0.25, 0.3) is 5.91 Å². The molecule has 1 aliphatic heterocycles. The second-order valence-electron chi connectivity index (χ2n) is 3.22. The molecule has 0 aliphatic carbocycles. The number of nitrogens with zero attached hydrogens (tertiary/aromatic N) is 3. The maximum atomic E-state index is 11.6. The summed E-state index contributed by atoms with van der Waals surface area (Å²) in [5.74, 6) is -0.0539. The lowest BCUT2D eigenvalue weighted by atomic mass is 10.2. The van der Waals surface area contributed by atoms with Crippen LogP contribution in [0.5, 0.6) is 0 Å². The summed E-state index contributed by atoms with van der Waals surface area (Å²) in [6, 6.07) is 3.46. The van der Waals surface area contributed by atoms with E-state index in [1.807, 2.05) is 6.92 Å². The highest BCUT2D eigenvalue weighted by Gasteiger charge is 2.25. The topological polar surface area (TPSA) is 45.6 Å². The molecule has 2 heterocycles. The molecule has 0 fully saturated rings. The van der Waals surface area contributed by atoms with E-state index in [0.717, 1.165) is 12.1 Å². The van der Waals surface area contributed by atoms with E-state index in [-0.39, 0.29) is 5.91 Å². The van der Waals surface area contributed by atoms with Crippen molar-refractivity contribution in [2.24, 2.45) is 5.10 Å². The van der Waals surface area contributed by atoms with E-state index >= 15 is 0 Å². The number of carbonyl (C=O) groups is 1. The molecule has 1 aliphatic rings. The molecule has 0 unspecified atom stereocenters. The van der Waals surface area contributed by atoms with Crippen molar-refractivity contribution >= 4 is 28.9 Å². The Bertz CT molecular complexity index is 430. The second kappa shape index (κ2) is 3.98. The molecular formula is C10H10ClN3O. The van der Waals surface area contributed by atoms with Crippen molar-refractivity contribution in [3.63, 3.8) is 0 Å². The van der Waals surface area contributed by atoms with Crippen LogP contribution in [0.3, 0.4) is 0 Å². The van der Waals surface area contributed by atoms with E-state index in [1.165, 1.54) is 5.01 Å². The number of halogens is 1. The molecule has 0 radical (unpaired) electrons. The fourth-order valence-corrected chi connectivity index (χ4v) is 1.60. The van der Waals surface area contributed by atoms with Gasteiger partial charge in [-0.1, -0.05) is 18.5 Å². The fraction of sp³-hybridized carbons (Fsp3) is 0.300. The van der Waals surface area contributed by atoms with Crippen molar-refractivity contribution < 1.29 is 4.79 Å². The Morgan fingerprint density at radius 2 is 2.40 bits per heavy atom. The van der Waals surface area contributed by atoms with Crippen LogP contribution in [0.25, 0.3) is 0 Å². The minimum absolute atomic E-state index is 0.0539. The van der Waals surface area contributed by atoms with E-state index in [9.17, 15) is 4.79 Å². The van der Waals surface area contributed by atoms with Crippen LogP contribution in [0.15, 0.2) is 23.4 Å². The highest BCUT2D eigenvalue weighted by molar-refractivity contribution is 6.33. The zero-order valence-corrected chi connectivity index (χ0v) is 9.03. The first-order valence-electron chi connectivity index (χ1n) is 4.72. The molecule has 1 amide bonds. The minimum atomic E-state index is -0.0539. The molecule has 0 N–H and O–H groups in total. The molecular weight excluding hydrogens is 214 g/mol. The van der Waals surface area contributed by atoms with Gasteiger partial charge >= 0.3 is 0 Å². The van der Waals surface area contributed by atoms with Crippen LogP contribution in [0.2, 0.25) is 5.15 Å². The maximum Gasteiger partial charge on any atom is 0.253 e. The molecule has 78 valence electrons. The molecule has 0 saturated carbocycles. The SMILES string of the molecule is CCC1=NN(c2cccnc2Cl)C(=O)C1. The van der Waals surface area contributed by atoms with E-state index < -0.39 is 0 Å². The van der Waals surface area contributed by atoms with Gasteiger partial charge in [-0.05, 0) is 18.6 Å². The smallest absolute Gasteiger partial charge is 0.253 e. The molecule has 0 aromatic carbocycles. The maximum absolute atomic E-state index is 11.6. The Kier molecular flexibility index (Phi) is 2.68. The number of pyridine rings is 1. The first-order chi connectivity index (χ1) is 7.22. The molecule has 5 heteroatoms. The Morgan fingerprint density at radius 3 is 3.00 bits per heavy atom. The van der Waals surface area contributed by atoms with E-state index in [0.29, 0.717) is 17.3 Å². The number of anilines is 1. The number of carbonyl (C=O) groups excluding carboxylic acids is 1. The van der Waals surface area contributed by atoms with Gasteiger partial charge in [0, 0.05) is 11.9 Å². The second-order valence-corrected chi connectivity index (χ2v) is 3.57. The zero-order chi connectivity index (χ0) is 10.8. The lowest BCUT2D eigenvalue weighted by Crippen LogP contribution is -2.20. The molecule has 0 atom stereocenters. The summed E-state index contributed by atoms with van der Waals surface area (Å²) >= 11 is 5.89. The predicted octanol–water partition coefficient (Wildman–Crippen LogP) is 2.24. The summed E-state index contributed by atoms with van der Waals surface area (Å²) in [7, 11) is 0. The van der Waals surface area contributed by atoms with E-state index in [2.05, 4.69) is 10.1 Å². The Hall–Kier alpha value is -1.42. The molecule has 15 heavy (non-hydrogen) atoms. The standard InChI is InChI=1S/C10H10ClN3O/c1-2-7-6-9(15)14(13-7)8-4-3-5-12-10(8)11/h3-5H,2,6H2,1H3. The number of amides is 1. The van der Waals surface area contributed by atoms with Crippen molar-refractivity contribution in [3.05, 3.63) is 23.5 Å². The van der Waals surface area contributed by atoms with Crippen LogP contribution in [-0.4, -0.2) is 16.6 Å². The van der Waals surface area contributed by atoms with Crippen molar-refractivity contribution in [2.75, 3.05) is 5.01 Å². The third-order valence-corrected chi connectivity index (χ3v) is 2.50. The van der Waals surface area contributed by atoms with E-state index in [4.69, 9.17) is 11.6 Å². The van der Waals surface area contributed by atoms with Crippen LogP contribution in [0, 0.1) is 0 Å². The van der Waals surface area contributed by atoms with Crippen molar-refractivity contribution in [3.8, 4) is 0 Å². The fourth-order valence-electron chi connectivity index (χ4n) is 1.40. The number of hydrogen-bond acceptors (Lipinski definition) is 3. The number of hydrogen-bond donors (Lipinski definition) is 0. The molecule has 1 aromatic heterocycles. The van der Waals surface area contributed by atoms with Crippen LogP contribution in [0.4, 0.5) is 5.69 Å². The van der Waals surface area contributed by atoms with E-state index in [1.54, 1.807) is 18.3 Å².